The molecule has 5 heteroatoms. The minimum atomic E-state index is -1.01. The smallest absolute Gasteiger partial charge is 0.328 e. The molecule has 0 atom stereocenters. The number of hydrogen-bond donors (Lipinski definition) is 1. The van der Waals surface area contributed by atoms with E-state index in [0.29, 0.717) is 11.4 Å². The highest BCUT2D eigenvalue weighted by Gasteiger charge is 2.13. The van der Waals surface area contributed by atoms with Crippen molar-refractivity contribution in [3.8, 4) is 0 Å². The van der Waals surface area contributed by atoms with E-state index in [9.17, 15) is 9.59 Å². The van der Waals surface area contributed by atoms with Gasteiger partial charge >= 0.3 is 5.97 Å². The van der Waals surface area contributed by atoms with E-state index in [4.69, 9.17) is 5.11 Å². The van der Waals surface area contributed by atoms with E-state index in [0.717, 1.165) is 11.6 Å². The van der Waals surface area contributed by atoms with Crippen molar-refractivity contribution >= 4 is 23.8 Å². The van der Waals surface area contributed by atoms with Gasteiger partial charge in [-0.15, -0.1) is 0 Å². The number of aromatic nitrogens is 1. The first kappa shape index (κ1) is 14.5. The van der Waals surface area contributed by atoms with E-state index in [-0.39, 0.29) is 5.91 Å². The van der Waals surface area contributed by atoms with Gasteiger partial charge in [0.25, 0.3) is 5.91 Å². The van der Waals surface area contributed by atoms with E-state index < -0.39 is 5.97 Å². The van der Waals surface area contributed by atoms with Crippen LogP contribution in [0.2, 0.25) is 0 Å². The molecule has 0 aliphatic heterocycles. The Morgan fingerprint density at radius 3 is 2.43 bits per heavy atom. The molecule has 1 aromatic heterocycles. The Hall–Kier alpha value is -2.95. The molecule has 0 saturated heterocycles. The van der Waals surface area contributed by atoms with Gasteiger partial charge in [0, 0.05) is 24.9 Å². The maximum atomic E-state index is 12.3. The van der Waals surface area contributed by atoms with Gasteiger partial charge in [-0.25, -0.2) is 9.78 Å². The lowest BCUT2D eigenvalue weighted by Crippen LogP contribution is -2.26. The Kier molecular flexibility index (Phi) is 4.46. The highest BCUT2D eigenvalue weighted by atomic mass is 16.4. The number of nitrogens with zero attached hydrogens (tertiary/aromatic N) is 2. The van der Waals surface area contributed by atoms with Gasteiger partial charge in [-0.1, -0.05) is 18.2 Å². The first-order chi connectivity index (χ1) is 10.1. The van der Waals surface area contributed by atoms with Gasteiger partial charge in [-0.05, 0) is 35.9 Å². The van der Waals surface area contributed by atoms with E-state index in [1.807, 2.05) is 6.07 Å². The quantitative estimate of drug-likeness (QED) is 0.874. The van der Waals surface area contributed by atoms with Gasteiger partial charge in [0.1, 0.15) is 5.82 Å². The number of amides is 1. The lowest BCUT2D eigenvalue weighted by molar-refractivity contribution is -0.131. The topological polar surface area (TPSA) is 70.5 Å². The van der Waals surface area contributed by atoms with Crippen molar-refractivity contribution in [2.24, 2.45) is 0 Å². The Bertz CT molecular complexity index is 664. The average molecular weight is 282 g/mol. The fourth-order valence-electron chi connectivity index (χ4n) is 1.75. The van der Waals surface area contributed by atoms with Crippen LogP contribution >= 0.6 is 0 Å². The van der Waals surface area contributed by atoms with Crippen LogP contribution in [0.1, 0.15) is 15.9 Å². The zero-order valence-corrected chi connectivity index (χ0v) is 11.4. The second-order valence-corrected chi connectivity index (χ2v) is 4.35. The number of carboxylic acid groups (broad SMARTS) is 1. The van der Waals surface area contributed by atoms with Crippen molar-refractivity contribution in [2.75, 3.05) is 11.9 Å². The summed E-state index contributed by atoms with van der Waals surface area (Å²) in [5, 5.41) is 8.56. The van der Waals surface area contributed by atoms with Gasteiger partial charge in [0.05, 0.1) is 0 Å². The molecule has 0 unspecified atom stereocenters. The number of anilines is 1. The normalized spacial score (nSPS) is 10.5. The second kappa shape index (κ2) is 6.47. The summed E-state index contributed by atoms with van der Waals surface area (Å²) in [4.78, 5) is 28.3. The number of benzene rings is 1. The first-order valence-electron chi connectivity index (χ1n) is 6.28. The van der Waals surface area contributed by atoms with Crippen molar-refractivity contribution in [3.63, 3.8) is 0 Å². The van der Waals surface area contributed by atoms with Crippen LogP contribution in [0.3, 0.4) is 0 Å². The van der Waals surface area contributed by atoms with Gasteiger partial charge in [0.2, 0.25) is 0 Å². The molecule has 2 rings (SSSR count). The Morgan fingerprint density at radius 2 is 1.86 bits per heavy atom. The van der Waals surface area contributed by atoms with Crippen molar-refractivity contribution < 1.29 is 14.7 Å². The summed E-state index contributed by atoms with van der Waals surface area (Å²) < 4.78 is 0. The molecular weight excluding hydrogens is 268 g/mol. The summed E-state index contributed by atoms with van der Waals surface area (Å²) in [6, 6.07) is 12.0. The number of aliphatic carboxylic acids is 1. The van der Waals surface area contributed by atoms with Gasteiger partial charge in [-0.2, -0.15) is 0 Å². The Balaban J connectivity index is 2.15. The molecule has 2 aromatic rings. The number of pyridine rings is 1. The largest absolute Gasteiger partial charge is 0.478 e. The molecule has 21 heavy (non-hydrogen) atoms. The SMILES string of the molecule is CN(C(=O)c1ccc(C=CC(=O)O)cc1)c1ccccn1. The van der Waals surface area contributed by atoms with Crippen LogP contribution in [0.15, 0.2) is 54.7 Å². The number of rotatable bonds is 4. The van der Waals surface area contributed by atoms with Crippen LogP contribution in [0.5, 0.6) is 0 Å². The zero-order chi connectivity index (χ0) is 15.2. The predicted octanol–water partition coefficient (Wildman–Crippen LogP) is 2.46. The maximum Gasteiger partial charge on any atom is 0.328 e. The molecule has 0 aliphatic carbocycles. The number of hydrogen-bond acceptors (Lipinski definition) is 3. The van der Waals surface area contributed by atoms with E-state index in [2.05, 4.69) is 4.98 Å². The Morgan fingerprint density at radius 1 is 1.14 bits per heavy atom. The first-order valence-corrected chi connectivity index (χ1v) is 6.28. The number of carbonyl (C=O) groups is 2. The van der Waals surface area contributed by atoms with Crippen molar-refractivity contribution in [2.45, 2.75) is 0 Å². The van der Waals surface area contributed by atoms with Crippen LogP contribution in [-0.2, 0) is 4.79 Å². The second-order valence-electron chi connectivity index (χ2n) is 4.35. The highest BCUT2D eigenvalue weighted by Crippen LogP contribution is 2.13. The average Bonchev–Trinajstić information content (AvgIpc) is 2.53. The zero-order valence-electron chi connectivity index (χ0n) is 11.4. The van der Waals surface area contributed by atoms with Gasteiger partial charge in [-0.3, -0.25) is 9.69 Å². The standard InChI is InChI=1S/C16H14N2O3/c1-18(14-4-2-3-11-17-14)16(21)13-8-5-12(6-9-13)7-10-15(19)20/h2-11H,1H3,(H,19,20). The molecular formula is C16H14N2O3. The molecule has 1 amide bonds. The molecule has 1 aromatic carbocycles. The van der Waals surface area contributed by atoms with Crippen molar-refractivity contribution in [1.82, 2.24) is 4.98 Å². The predicted molar refractivity (Wildman–Crippen MR) is 80.1 cm³/mol. The summed E-state index contributed by atoms with van der Waals surface area (Å²) >= 11 is 0. The van der Waals surface area contributed by atoms with Gasteiger partial charge < -0.3 is 5.11 Å². The lowest BCUT2D eigenvalue weighted by atomic mass is 10.1. The summed E-state index contributed by atoms with van der Waals surface area (Å²) in [5.74, 6) is -0.621. The van der Waals surface area contributed by atoms with Crippen LogP contribution < -0.4 is 4.90 Å². The van der Waals surface area contributed by atoms with Crippen molar-refractivity contribution in [1.29, 1.82) is 0 Å². The fourth-order valence-corrected chi connectivity index (χ4v) is 1.75. The maximum absolute atomic E-state index is 12.3. The van der Waals surface area contributed by atoms with E-state index >= 15 is 0 Å². The minimum absolute atomic E-state index is 0.178. The molecule has 5 nitrogen and oxygen atoms in total. The molecule has 0 radical (unpaired) electrons. The number of carboxylic acids is 1. The monoisotopic (exact) mass is 282 g/mol. The minimum Gasteiger partial charge on any atom is -0.478 e. The molecule has 0 spiro atoms. The van der Waals surface area contributed by atoms with Gasteiger partial charge in [0.15, 0.2) is 0 Å². The van der Waals surface area contributed by atoms with Crippen LogP contribution in [0, 0.1) is 0 Å². The number of carbonyl (C=O) groups excluding carboxylic acids is 1. The third kappa shape index (κ3) is 3.76. The molecule has 1 N–H and O–H groups in total. The summed E-state index contributed by atoms with van der Waals surface area (Å²) in [6.45, 7) is 0. The van der Waals surface area contributed by atoms with E-state index in [1.165, 1.54) is 11.0 Å². The third-order valence-corrected chi connectivity index (χ3v) is 2.87. The van der Waals surface area contributed by atoms with Crippen LogP contribution in [-0.4, -0.2) is 29.0 Å². The molecule has 0 aliphatic rings. The molecule has 0 fully saturated rings. The summed E-state index contributed by atoms with van der Waals surface area (Å²) in [6.07, 6.45) is 4.15. The van der Waals surface area contributed by atoms with Crippen LogP contribution in [0.25, 0.3) is 6.08 Å². The highest BCUT2D eigenvalue weighted by molar-refractivity contribution is 6.05. The van der Waals surface area contributed by atoms with Crippen molar-refractivity contribution in [3.05, 3.63) is 65.9 Å². The summed E-state index contributed by atoms with van der Waals surface area (Å²) in [7, 11) is 1.66. The Labute approximate surface area is 122 Å². The molecule has 1 heterocycles. The molecule has 106 valence electrons. The third-order valence-electron chi connectivity index (χ3n) is 2.87. The molecule has 0 saturated carbocycles. The summed E-state index contributed by atoms with van der Waals surface area (Å²) in [5.41, 5.74) is 1.23. The van der Waals surface area contributed by atoms with E-state index in [1.54, 1.807) is 49.6 Å². The fraction of sp³-hybridized carbons (Fsp3) is 0.0625. The lowest BCUT2D eigenvalue weighted by Gasteiger charge is -2.16. The molecule has 0 bridgehead atoms. The van der Waals surface area contributed by atoms with Crippen LogP contribution in [0.4, 0.5) is 5.82 Å².